The highest BCUT2D eigenvalue weighted by atomic mass is 32.1. The molecule has 1 aromatic carbocycles. The first-order chi connectivity index (χ1) is 17.2. The summed E-state index contributed by atoms with van der Waals surface area (Å²) in [6.45, 7) is 5.86. The number of nitrogens with zero attached hydrogens (tertiary/aromatic N) is 4. The average Bonchev–Trinajstić information content (AvgIpc) is 3.66. The molecule has 2 saturated heterocycles. The summed E-state index contributed by atoms with van der Waals surface area (Å²) in [5.74, 6) is 2.91. The van der Waals surface area contributed by atoms with Crippen molar-refractivity contribution in [2.45, 2.75) is 32.1 Å². The van der Waals surface area contributed by atoms with Crippen LogP contribution in [0.5, 0.6) is 0 Å². The van der Waals surface area contributed by atoms with E-state index in [1.807, 2.05) is 0 Å². The van der Waals surface area contributed by atoms with Crippen molar-refractivity contribution in [1.82, 2.24) is 14.2 Å². The van der Waals surface area contributed by atoms with Crippen molar-refractivity contribution >= 4 is 39.3 Å². The molecule has 4 fully saturated rings. The predicted octanol–water partition coefficient (Wildman–Crippen LogP) is 4.03. The highest BCUT2D eigenvalue weighted by Crippen LogP contribution is 2.52. The molecule has 0 N–H and O–H groups in total. The Morgan fingerprint density at radius 3 is 2.23 bits per heavy atom. The zero-order valence-electron chi connectivity index (χ0n) is 20.2. The minimum Gasteiger partial charge on any atom is -0.353 e. The van der Waals surface area contributed by atoms with Crippen LogP contribution in [0.4, 0.5) is 5.82 Å². The second-order valence-electron chi connectivity index (χ2n) is 11.4. The van der Waals surface area contributed by atoms with Gasteiger partial charge in [-0.05, 0) is 66.6 Å². The molecule has 6 atom stereocenters. The minimum atomic E-state index is -0.0607. The summed E-state index contributed by atoms with van der Waals surface area (Å²) in [6.07, 6.45) is 10.3. The molecule has 2 amide bonds. The van der Waals surface area contributed by atoms with Crippen LogP contribution in [0.1, 0.15) is 32.1 Å². The van der Waals surface area contributed by atoms with Crippen molar-refractivity contribution in [3.63, 3.8) is 0 Å². The zero-order chi connectivity index (χ0) is 23.5. The van der Waals surface area contributed by atoms with Crippen LogP contribution in [0.25, 0.3) is 10.1 Å². The summed E-state index contributed by atoms with van der Waals surface area (Å²) in [4.78, 5) is 33.2. The molecule has 3 aliphatic carbocycles. The van der Waals surface area contributed by atoms with Gasteiger partial charge in [0.05, 0.1) is 16.5 Å². The maximum absolute atomic E-state index is 13.2. The number of anilines is 1. The molecule has 0 unspecified atom stereocenters. The lowest BCUT2D eigenvalue weighted by molar-refractivity contribution is -0.142. The normalized spacial score (nSPS) is 35.0. The summed E-state index contributed by atoms with van der Waals surface area (Å²) in [7, 11) is 0. The number of hydrogen-bond acceptors (Lipinski definition) is 6. The number of carbonyl (C=O) groups excluding carboxylic acids is 2. The molecule has 2 saturated carbocycles. The Morgan fingerprint density at radius 1 is 0.857 bits per heavy atom. The molecule has 0 radical (unpaired) electrons. The smallest absolute Gasteiger partial charge is 0.233 e. The monoisotopic (exact) mass is 490 g/mol. The maximum atomic E-state index is 13.2. The number of amides is 2. The molecule has 1 aromatic heterocycles. The Balaban J connectivity index is 0.987. The fraction of sp³-hybridized carbons (Fsp3) is 0.607. The van der Waals surface area contributed by atoms with Crippen molar-refractivity contribution in [3.8, 4) is 0 Å². The molecule has 2 aromatic rings. The predicted molar refractivity (Wildman–Crippen MR) is 138 cm³/mol. The second kappa shape index (κ2) is 8.70. The number of carbonyl (C=O) groups is 2. The van der Waals surface area contributed by atoms with E-state index in [9.17, 15) is 9.59 Å². The summed E-state index contributed by atoms with van der Waals surface area (Å²) < 4.78 is 6.02. The third-order valence-corrected chi connectivity index (χ3v) is 10.4. The number of benzene rings is 1. The number of hydrogen-bond donors (Lipinski definition) is 0. The number of allylic oxidation sites excluding steroid dienone is 2. The van der Waals surface area contributed by atoms with Crippen molar-refractivity contribution < 1.29 is 9.59 Å². The van der Waals surface area contributed by atoms with E-state index < -0.39 is 0 Å². The first-order valence-corrected chi connectivity index (χ1v) is 14.3. The van der Waals surface area contributed by atoms with E-state index in [0.29, 0.717) is 30.2 Å². The van der Waals surface area contributed by atoms with Gasteiger partial charge in [-0.15, -0.1) is 0 Å². The topological polar surface area (TPSA) is 56.8 Å². The van der Waals surface area contributed by atoms with Crippen molar-refractivity contribution in [2.24, 2.45) is 35.5 Å². The molecular weight excluding hydrogens is 456 g/mol. The second-order valence-corrected chi connectivity index (χ2v) is 12.2. The van der Waals surface area contributed by atoms with Crippen LogP contribution in [0, 0.1) is 35.5 Å². The molecule has 7 heteroatoms. The van der Waals surface area contributed by atoms with Gasteiger partial charge in [0.15, 0.2) is 0 Å². The third-order valence-electron chi connectivity index (χ3n) is 9.57. The molecule has 0 spiro atoms. The van der Waals surface area contributed by atoms with Crippen molar-refractivity contribution in [2.75, 3.05) is 44.2 Å². The quantitative estimate of drug-likeness (QED) is 0.468. The van der Waals surface area contributed by atoms with Gasteiger partial charge >= 0.3 is 0 Å². The maximum Gasteiger partial charge on any atom is 0.233 e. The first kappa shape index (κ1) is 22.0. The molecule has 35 heavy (non-hydrogen) atoms. The molecular formula is C28H34N4O2S. The highest BCUT2D eigenvalue weighted by Gasteiger charge is 2.59. The van der Waals surface area contributed by atoms with Crippen LogP contribution < -0.4 is 4.90 Å². The largest absolute Gasteiger partial charge is 0.353 e. The van der Waals surface area contributed by atoms with Crippen LogP contribution in [0.2, 0.25) is 0 Å². The van der Waals surface area contributed by atoms with Crippen LogP contribution in [-0.2, 0) is 9.59 Å². The number of likely N-dealkylation sites (tertiary alicyclic amines) is 1. The molecule has 2 bridgehead atoms. The van der Waals surface area contributed by atoms with E-state index in [2.05, 4.69) is 46.2 Å². The Morgan fingerprint density at radius 2 is 1.51 bits per heavy atom. The Bertz CT molecular complexity index is 1140. The summed E-state index contributed by atoms with van der Waals surface area (Å²) >= 11 is 1.59. The average molecular weight is 491 g/mol. The fourth-order valence-electron chi connectivity index (χ4n) is 7.72. The Labute approximate surface area is 211 Å². The van der Waals surface area contributed by atoms with E-state index in [1.165, 1.54) is 29.3 Å². The fourth-order valence-corrected chi connectivity index (χ4v) is 8.51. The van der Waals surface area contributed by atoms with Gasteiger partial charge in [0.1, 0.15) is 5.82 Å². The SMILES string of the molecule is O=C1[C@@H]2[C@H](C(=O)N1C[C@@H]1CCCC[C@H]1CN1CCN(c3nsc4ccccc34)CC1)[C@H]1C=C[C@@H]2C1. The lowest BCUT2D eigenvalue weighted by Crippen LogP contribution is -2.49. The summed E-state index contributed by atoms with van der Waals surface area (Å²) in [5.41, 5.74) is 0. The van der Waals surface area contributed by atoms with E-state index >= 15 is 0 Å². The molecule has 184 valence electrons. The third kappa shape index (κ3) is 3.65. The first-order valence-electron chi connectivity index (χ1n) is 13.5. The van der Waals surface area contributed by atoms with Gasteiger partial charge in [0.25, 0.3) is 0 Å². The van der Waals surface area contributed by atoms with Gasteiger partial charge in [0.2, 0.25) is 11.8 Å². The van der Waals surface area contributed by atoms with E-state index in [4.69, 9.17) is 4.37 Å². The standard InChI is InChI=1S/C28H34N4O2S/c33-27-24-18-9-10-19(15-18)25(24)28(34)32(27)17-21-6-2-1-5-20(21)16-30-11-13-31(14-12-30)26-22-7-3-4-8-23(22)35-29-26/h3-4,7-10,18-21,24-25H,1-2,5-6,11-17H2/t18-,19+,20-,21-,24+,25-/m0/s1. The van der Waals surface area contributed by atoms with Crippen LogP contribution in [-0.4, -0.2) is 65.3 Å². The van der Waals surface area contributed by atoms with Crippen molar-refractivity contribution in [3.05, 3.63) is 36.4 Å². The van der Waals surface area contributed by atoms with Crippen LogP contribution in [0.3, 0.4) is 0 Å². The number of aromatic nitrogens is 1. The van der Waals surface area contributed by atoms with Gasteiger partial charge in [-0.2, -0.15) is 4.37 Å². The van der Waals surface area contributed by atoms with Gasteiger partial charge in [-0.3, -0.25) is 19.4 Å². The van der Waals surface area contributed by atoms with Gasteiger partial charge < -0.3 is 4.90 Å². The van der Waals surface area contributed by atoms with E-state index in [1.54, 1.807) is 16.4 Å². The van der Waals surface area contributed by atoms with Gasteiger partial charge in [-0.25, -0.2) is 0 Å². The molecule has 2 aliphatic heterocycles. The van der Waals surface area contributed by atoms with Gasteiger partial charge in [0, 0.05) is 44.7 Å². The lowest BCUT2D eigenvalue weighted by Gasteiger charge is -2.40. The van der Waals surface area contributed by atoms with Crippen LogP contribution >= 0.6 is 11.5 Å². The molecule has 6 nitrogen and oxygen atoms in total. The molecule has 7 rings (SSSR count). The Hall–Kier alpha value is -2.25. The zero-order valence-corrected chi connectivity index (χ0v) is 21.0. The lowest BCUT2D eigenvalue weighted by atomic mass is 9.78. The Kier molecular flexibility index (Phi) is 5.46. The number of piperazine rings is 1. The van der Waals surface area contributed by atoms with Gasteiger partial charge in [-0.1, -0.05) is 37.1 Å². The summed E-state index contributed by atoms with van der Waals surface area (Å²) in [5, 5.41) is 1.27. The minimum absolute atomic E-state index is 0.0607. The molecule has 5 aliphatic rings. The highest BCUT2D eigenvalue weighted by molar-refractivity contribution is 7.13. The summed E-state index contributed by atoms with van der Waals surface area (Å²) in [6, 6.07) is 8.52. The van der Waals surface area contributed by atoms with Crippen molar-refractivity contribution in [1.29, 1.82) is 0 Å². The number of rotatable bonds is 5. The van der Waals surface area contributed by atoms with Crippen LogP contribution in [0.15, 0.2) is 36.4 Å². The van der Waals surface area contributed by atoms with E-state index in [-0.39, 0.29) is 23.7 Å². The molecule has 3 heterocycles. The van der Waals surface area contributed by atoms with E-state index in [0.717, 1.165) is 51.4 Å². The number of fused-ring (bicyclic) bond motifs is 6. The number of imide groups is 1.